The molecular weight excluding hydrogens is 344 g/mol. The normalized spacial score (nSPS) is 10.1. The molecule has 0 bridgehead atoms. The van der Waals surface area contributed by atoms with Gasteiger partial charge in [-0.05, 0) is 31.2 Å². The van der Waals surface area contributed by atoms with Crippen LogP contribution in [0.15, 0.2) is 60.9 Å². The number of benzene rings is 2. The van der Waals surface area contributed by atoms with Gasteiger partial charge in [-0.25, -0.2) is 9.97 Å². The predicted molar refractivity (Wildman–Crippen MR) is 103 cm³/mol. The average Bonchev–Trinajstić information content (AvgIpc) is 2.69. The van der Waals surface area contributed by atoms with E-state index in [2.05, 4.69) is 20.6 Å². The van der Waals surface area contributed by atoms with Crippen LogP contribution in [0.5, 0.6) is 5.75 Å². The molecule has 2 aromatic carbocycles. The van der Waals surface area contributed by atoms with Crippen LogP contribution in [-0.2, 0) is 0 Å². The Labute approximate surface area is 156 Å². The molecule has 0 aliphatic heterocycles. The Balaban J connectivity index is 1.70. The van der Waals surface area contributed by atoms with E-state index < -0.39 is 5.91 Å². The zero-order valence-corrected chi connectivity index (χ0v) is 14.9. The highest BCUT2D eigenvalue weighted by atomic mass is 16.5. The van der Waals surface area contributed by atoms with Gasteiger partial charge in [0.15, 0.2) is 5.78 Å². The van der Waals surface area contributed by atoms with Gasteiger partial charge in [0, 0.05) is 11.3 Å². The van der Waals surface area contributed by atoms with Crippen molar-refractivity contribution in [2.24, 2.45) is 0 Å². The maximum absolute atomic E-state index is 12.3. The fourth-order valence-corrected chi connectivity index (χ4v) is 2.41. The van der Waals surface area contributed by atoms with Crippen LogP contribution in [0.4, 0.5) is 17.2 Å². The number of carbonyl (C=O) groups is 2. The molecule has 0 atom stereocenters. The standard InChI is InChI=1S/C20H18N4O3/c1-13(25)14-6-5-7-15(10-14)23-20(26)17-11-22-19(12-21-17)24-16-8-3-4-9-18(16)27-2/h3-12H,1-2H3,(H,22,24)(H,23,26). The van der Waals surface area contributed by atoms with Gasteiger partial charge in [-0.15, -0.1) is 0 Å². The number of rotatable bonds is 6. The molecule has 136 valence electrons. The molecule has 1 aromatic heterocycles. The molecular formula is C20H18N4O3. The van der Waals surface area contributed by atoms with Crippen molar-refractivity contribution < 1.29 is 14.3 Å². The SMILES string of the molecule is COc1ccccc1Nc1cnc(C(=O)Nc2cccc(C(C)=O)c2)cn1. The number of nitrogens with one attached hydrogen (secondary N) is 2. The number of hydrogen-bond acceptors (Lipinski definition) is 6. The van der Waals surface area contributed by atoms with Crippen LogP contribution < -0.4 is 15.4 Å². The molecule has 0 aliphatic rings. The van der Waals surface area contributed by atoms with Crippen molar-refractivity contribution in [1.29, 1.82) is 0 Å². The number of para-hydroxylation sites is 2. The highest BCUT2D eigenvalue weighted by Crippen LogP contribution is 2.25. The van der Waals surface area contributed by atoms with E-state index in [1.165, 1.54) is 19.3 Å². The third-order valence-corrected chi connectivity index (χ3v) is 3.78. The molecule has 1 heterocycles. The first kappa shape index (κ1) is 18.1. The minimum Gasteiger partial charge on any atom is -0.495 e. The maximum atomic E-state index is 12.3. The molecule has 7 heteroatoms. The van der Waals surface area contributed by atoms with Gasteiger partial charge in [0.1, 0.15) is 17.3 Å². The van der Waals surface area contributed by atoms with Gasteiger partial charge in [0.2, 0.25) is 0 Å². The molecule has 0 fully saturated rings. The van der Waals surface area contributed by atoms with Gasteiger partial charge < -0.3 is 15.4 Å². The van der Waals surface area contributed by atoms with Crippen LogP contribution >= 0.6 is 0 Å². The number of aromatic nitrogens is 2. The average molecular weight is 362 g/mol. The van der Waals surface area contributed by atoms with Gasteiger partial charge >= 0.3 is 0 Å². The van der Waals surface area contributed by atoms with Crippen LogP contribution in [0, 0.1) is 0 Å². The molecule has 3 aromatic rings. The van der Waals surface area contributed by atoms with E-state index in [4.69, 9.17) is 4.74 Å². The summed E-state index contributed by atoms with van der Waals surface area (Å²) in [6, 6.07) is 14.1. The summed E-state index contributed by atoms with van der Waals surface area (Å²) in [6.45, 7) is 1.47. The number of methoxy groups -OCH3 is 1. The molecule has 0 aliphatic carbocycles. The van der Waals surface area contributed by atoms with Crippen LogP contribution in [0.2, 0.25) is 0 Å². The second-order valence-electron chi connectivity index (χ2n) is 5.70. The van der Waals surface area contributed by atoms with Crippen LogP contribution in [0.1, 0.15) is 27.8 Å². The van der Waals surface area contributed by atoms with Gasteiger partial charge in [-0.3, -0.25) is 9.59 Å². The molecule has 0 spiro atoms. The lowest BCUT2D eigenvalue weighted by molar-refractivity contribution is 0.100. The van der Waals surface area contributed by atoms with E-state index in [0.717, 1.165) is 5.69 Å². The summed E-state index contributed by atoms with van der Waals surface area (Å²) < 4.78 is 5.27. The molecule has 7 nitrogen and oxygen atoms in total. The van der Waals surface area contributed by atoms with Crippen molar-refractivity contribution in [2.75, 3.05) is 17.7 Å². The summed E-state index contributed by atoms with van der Waals surface area (Å²) in [7, 11) is 1.58. The van der Waals surface area contributed by atoms with Crippen molar-refractivity contribution in [3.05, 3.63) is 72.2 Å². The number of nitrogens with zero attached hydrogens (tertiary/aromatic N) is 2. The summed E-state index contributed by atoms with van der Waals surface area (Å²) in [4.78, 5) is 32.1. The smallest absolute Gasteiger partial charge is 0.275 e. The molecule has 0 saturated carbocycles. The van der Waals surface area contributed by atoms with Gasteiger partial charge in [-0.1, -0.05) is 24.3 Å². The predicted octanol–water partition coefficient (Wildman–Crippen LogP) is 3.68. The minimum absolute atomic E-state index is 0.0716. The third kappa shape index (κ3) is 4.46. The molecule has 0 radical (unpaired) electrons. The Bertz CT molecular complexity index is 971. The lowest BCUT2D eigenvalue weighted by atomic mass is 10.1. The number of Topliss-reactive ketones (excluding diaryl/α,β-unsaturated/α-hetero) is 1. The second kappa shape index (κ2) is 8.09. The summed E-state index contributed by atoms with van der Waals surface area (Å²) in [5.41, 5.74) is 1.95. The Morgan fingerprint density at radius 2 is 1.81 bits per heavy atom. The van der Waals surface area contributed by atoms with E-state index >= 15 is 0 Å². The van der Waals surface area contributed by atoms with Gasteiger partial charge in [-0.2, -0.15) is 0 Å². The number of ether oxygens (including phenoxy) is 1. The number of anilines is 3. The molecule has 0 unspecified atom stereocenters. The number of amides is 1. The Kier molecular flexibility index (Phi) is 5.41. The minimum atomic E-state index is -0.410. The fourth-order valence-electron chi connectivity index (χ4n) is 2.41. The van der Waals surface area contributed by atoms with Crippen molar-refractivity contribution >= 4 is 28.9 Å². The van der Waals surface area contributed by atoms with Crippen LogP contribution in [0.3, 0.4) is 0 Å². The van der Waals surface area contributed by atoms with E-state index in [0.29, 0.717) is 22.8 Å². The highest BCUT2D eigenvalue weighted by molar-refractivity contribution is 6.03. The second-order valence-corrected chi connectivity index (χ2v) is 5.70. The van der Waals surface area contributed by atoms with Gasteiger partial charge in [0.05, 0.1) is 25.2 Å². The van der Waals surface area contributed by atoms with Crippen molar-refractivity contribution in [3.63, 3.8) is 0 Å². The monoisotopic (exact) mass is 362 g/mol. The first-order valence-corrected chi connectivity index (χ1v) is 8.21. The zero-order chi connectivity index (χ0) is 19.2. The maximum Gasteiger partial charge on any atom is 0.275 e. The van der Waals surface area contributed by atoms with Crippen molar-refractivity contribution in [1.82, 2.24) is 9.97 Å². The molecule has 2 N–H and O–H groups in total. The summed E-state index contributed by atoms with van der Waals surface area (Å²) >= 11 is 0. The number of carbonyl (C=O) groups excluding carboxylic acids is 2. The quantitative estimate of drug-likeness (QED) is 0.650. The largest absolute Gasteiger partial charge is 0.495 e. The van der Waals surface area contributed by atoms with E-state index in [9.17, 15) is 9.59 Å². The molecule has 1 amide bonds. The Hall–Kier alpha value is -3.74. The molecule has 27 heavy (non-hydrogen) atoms. The van der Waals surface area contributed by atoms with Crippen molar-refractivity contribution in [2.45, 2.75) is 6.92 Å². The highest BCUT2D eigenvalue weighted by Gasteiger charge is 2.10. The number of hydrogen-bond donors (Lipinski definition) is 2. The summed E-state index contributed by atoms with van der Waals surface area (Å²) in [6.07, 6.45) is 2.84. The third-order valence-electron chi connectivity index (χ3n) is 3.78. The van der Waals surface area contributed by atoms with E-state index in [-0.39, 0.29) is 11.5 Å². The first-order valence-electron chi connectivity index (χ1n) is 8.21. The molecule has 0 saturated heterocycles. The Morgan fingerprint density at radius 3 is 2.52 bits per heavy atom. The van der Waals surface area contributed by atoms with Crippen LogP contribution in [-0.4, -0.2) is 28.8 Å². The first-order chi connectivity index (χ1) is 13.1. The lowest BCUT2D eigenvalue weighted by Gasteiger charge is -2.10. The van der Waals surface area contributed by atoms with Crippen LogP contribution in [0.25, 0.3) is 0 Å². The van der Waals surface area contributed by atoms with E-state index in [1.807, 2.05) is 24.3 Å². The number of ketones is 1. The lowest BCUT2D eigenvalue weighted by Crippen LogP contribution is -2.14. The fraction of sp³-hybridized carbons (Fsp3) is 0.100. The van der Waals surface area contributed by atoms with Gasteiger partial charge in [0.25, 0.3) is 5.91 Å². The summed E-state index contributed by atoms with van der Waals surface area (Å²) in [5.74, 6) is 0.672. The van der Waals surface area contributed by atoms with E-state index in [1.54, 1.807) is 31.4 Å². The molecule has 3 rings (SSSR count). The summed E-state index contributed by atoms with van der Waals surface area (Å²) in [5, 5.41) is 5.80. The Morgan fingerprint density at radius 1 is 1.00 bits per heavy atom. The zero-order valence-electron chi connectivity index (χ0n) is 14.9. The topological polar surface area (TPSA) is 93.2 Å². The van der Waals surface area contributed by atoms with Crippen molar-refractivity contribution in [3.8, 4) is 5.75 Å².